The van der Waals surface area contributed by atoms with Gasteiger partial charge in [0.1, 0.15) is 5.69 Å². The lowest BCUT2D eigenvalue weighted by Gasteiger charge is -2.24. The average Bonchev–Trinajstić information content (AvgIpc) is 2.47. The van der Waals surface area contributed by atoms with Crippen LogP contribution in [0.1, 0.15) is 21.7 Å². The van der Waals surface area contributed by atoms with Crippen LogP contribution in [-0.2, 0) is 0 Å². The lowest BCUT2D eigenvalue weighted by Crippen LogP contribution is -2.52. The molecule has 1 amide bonds. The molecule has 0 atom stereocenters. The highest BCUT2D eigenvalue weighted by molar-refractivity contribution is 6.67. The van der Waals surface area contributed by atoms with Gasteiger partial charge in [0.2, 0.25) is 0 Å². The fourth-order valence-corrected chi connectivity index (χ4v) is 2.13. The number of carbonyl (C=O) groups is 1. The van der Waals surface area contributed by atoms with Gasteiger partial charge < -0.3 is 5.02 Å². The topological polar surface area (TPSA) is 65.8 Å². The maximum absolute atomic E-state index is 12.4. The molecule has 20 heavy (non-hydrogen) atoms. The number of carbonyl (C=O) groups excluding carboxylic acids is 1. The van der Waals surface area contributed by atoms with Crippen LogP contribution in [-0.4, -0.2) is 34.1 Å². The van der Waals surface area contributed by atoms with Gasteiger partial charge in [0.05, 0.1) is 6.21 Å². The number of hydrazone groups is 1. The van der Waals surface area contributed by atoms with Crippen LogP contribution in [0.2, 0.25) is 0 Å². The molecule has 2 aromatic rings. The molecule has 1 aliphatic rings. The number of rotatable bonds is 1. The Balaban J connectivity index is 1.95. The molecule has 0 unspecified atom stereocenters. The van der Waals surface area contributed by atoms with Crippen molar-refractivity contribution in [2.75, 3.05) is 0 Å². The maximum Gasteiger partial charge on any atom is 0.474 e. The van der Waals surface area contributed by atoms with Crippen molar-refractivity contribution >= 4 is 24.6 Å². The van der Waals surface area contributed by atoms with Gasteiger partial charge in [-0.25, -0.2) is 9.90 Å². The number of pyridine rings is 1. The van der Waals surface area contributed by atoms with Crippen LogP contribution in [0.5, 0.6) is 0 Å². The van der Waals surface area contributed by atoms with Gasteiger partial charge in [0.25, 0.3) is 5.91 Å². The lowest BCUT2D eigenvalue weighted by atomic mass is 9.69. The second-order valence-electron chi connectivity index (χ2n) is 4.56. The lowest BCUT2D eigenvalue weighted by molar-refractivity contribution is 0.0840. The van der Waals surface area contributed by atoms with Crippen LogP contribution in [0.4, 0.5) is 0 Å². The molecule has 98 valence electrons. The van der Waals surface area contributed by atoms with E-state index in [9.17, 15) is 9.82 Å². The highest BCUT2D eigenvalue weighted by atomic mass is 16.2. The summed E-state index contributed by atoms with van der Waals surface area (Å²) in [5, 5.41) is 14.3. The van der Waals surface area contributed by atoms with Crippen molar-refractivity contribution in [2.45, 2.75) is 6.92 Å². The minimum atomic E-state index is -1.09. The first-order valence-electron chi connectivity index (χ1n) is 6.25. The zero-order chi connectivity index (χ0) is 14.1. The van der Waals surface area contributed by atoms with Gasteiger partial charge in [0.15, 0.2) is 0 Å². The molecule has 1 aliphatic heterocycles. The third-order valence-corrected chi connectivity index (χ3v) is 3.14. The number of amides is 1. The minimum absolute atomic E-state index is 0.264. The molecule has 0 fully saturated rings. The van der Waals surface area contributed by atoms with E-state index < -0.39 is 13.0 Å². The molecule has 0 saturated carbocycles. The molecular formula is C14H12BN3O2. The Hall–Kier alpha value is -2.47. The molecule has 3 rings (SSSR count). The Bertz CT molecular complexity index is 702. The first-order chi connectivity index (χ1) is 9.66. The van der Waals surface area contributed by atoms with Gasteiger partial charge in [-0.05, 0) is 30.1 Å². The molecule has 2 heterocycles. The average molecular weight is 265 g/mol. The molecule has 1 aromatic heterocycles. The van der Waals surface area contributed by atoms with Crippen LogP contribution >= 0.6 is 0 Å². The molecule has 5 nitrogen and oxygen atoms in total. The minimum Gasteiger partial charge on any atom is -0.427 e. The first-order valence-corrected chi connectivity index (χ1v) is 6.25. The third kappa shape index (κ3) is 2.10. The van der Waals surface area contributed by atoms with Crippen molar-refractivity contribution in [3.8, 4) is 0 Å². The molecule has 0 bridgehead atoms. The standard InChI is InChI=1S/C14H12BN3O2/c1-10-5-4-8-13(17-10)14(19)18-15(20)12-7-3-2-6-11(12)9-16-18/h2-9,20H,1H3. The van der Waals surface area contributed by atoms with Crippen molar-refractivity contribution in [1.29, 1.82) is 0 Å². The maximum atomic E-state index is 12.4. The summed E-state index contributed by atoms with van der Waals surface area (Å²) in [6.07, 6.45) is 1.57. The predicted octanol–water partition coefficient (Wildman–Crippen LogP) is 0.567. The van der Waals surface area contributed by atoms with E-state index in [1.165, 1.54) is 0 Å². The fraction of sp³-hybridized carbons (Fsp3) is 0.0714. The number of aryl methyl sites for hydroxylation is 1. The number of hydrogen-bond acceptors (Lipinski definition) is 4. The normalized spacial score (nSPS) is 13.3. The van der Waals surface area contributed by atoms with Gasteiger partial charge in [0, 0.05) is 5.69 Å². The van der Waals surface area contributed by atoms with E-state index in [1.807, 2.05) is 31.2 Å². The van der Waals surface area contributed by atoms with Crippen LogP contribution in [0.25, 0.3) is 0 Å². The number of fused-ring (bicyclic) bond motifs is 1. The molecular weight excluding hydrogens is 253 g/mol. The Labute approximate surface area is 116 Å². The van der Waals surface area contributed by atoms with E-state index in [2.05, 4.69) is 10.1 Å². The Kier molecular flexibility index (Phi) is 3.08. The largest absolute Gasteiger partial charge is 0.474 e. The highest BCUT2D eigenvalue weighted by Crippen LogP contribution is 2.10. The quantitative estimate of drug-likeness (QED) is 0.766. The van der Waals surface area contributed by atoms with E-state index in [-0.39, 0.29) is 5.69 Å². The van der Waals surface area contributed by atoms with Gasteiger partial charge >= 0.3 is 7.05 Å². The summed E-state index contributed by atoms with van der Waals surface area (Å²) in [6.45, 7) is 1.81. The van der Waals surface area contributed by atoms with Crippen LogP contribution in [0, 0.1) is 6.92 Å². The monoisotopic (exact) mass is 265 g/mol. The zero-order valence-electron chi connectivity index (χ0n) is 10.9. The van der Waals surface area contributed by atoms with Crippen molar-refractivity contribution in [1.82, 2.24) is 9.90 Å². The Morgan fingerprint density at radius 3 is 2.80 bits per heavy atom. The fourth-order valence-electron chi connectivity index (χ4n) is 2.13. The predicted molar refractivity (Wildman–Crippen MR) is 76.8 cm³/mol. The summed E-state index contributed by atoms with van der Waals surface area (Å²) in [5.41, 5.74) is 2.47. The Morgan fingerprint density at radius 1 is 1.20 bits per heavy atom. The molecule has 1 N–H and O–H groups in total. The third-order valence-electron chi connectivity index (χ3n) is 3.14. The first kappa shape index (κ1) is 12.6. The van der Waals surface area contributed by atoms with Crippen molar-refractivity contribution in [3.05, 3.63) is 59.4 Å². The van der Waals surface area contributed by atoms with E-state index in [4.69, 9.17) is 0 Å². The summed E-state index contributed by atoms with van der Waals surface area (Å²) in [4.78, 5) is 17.6. The van der Waals surface area contributed by atoms with Crippen molar-refractivity contribution in [2.24, 2.45) is 5.10 Å². The molecule has 6 heteroatoms. The summed E-state index contributed by atoms with van der Waals surface area (Å²) in [6, 6.07) is 12.5. The molecule has 0 radical (unpaired) electrons. The van der Waals surface area contributed by atoms with Gasteiger partial charge in [-0.15, -0.1) is 0 Å². The second kappa shape index (κ2) is 4.90. The van der Waals surface area contributed by atoms with E-state index in [0.717, 1.165) is 16.2 Å². The molecule has 0 spiro atoms. The van der Waals surface area contributed by atoms with Crippen LogP contribution in [0.3, 0.4) is 0 Å². The van der Waals surface area contributed by atoms with E-state index in [0.29, 0.717) is 5.46 Å². The van der Waals surface area contributed by atoms with E-state index >= 15 is 0 Å². The molecule has 0 aliphatic carbocycles. The van der Waals surface area contributed by atoms with E-state index in [1.54, 1.807) is 24.4 Å². The number of nitrogens with zero attached hydrogens (tertiary/aromatic N) is 3. The van der Waals surface area contributed by atoms with Gasteiger partial charge in [-0.1, -0.05) is 30.3 Å². The van der Waals surface area contributed by atoms with Crippen LogP contribution in [0.15, 0.2) is 47.6 Å². The SMILES string of the molecule is Cc1cccc(C(=O)N2N=Cc3ccccc3B2O)n1. The van der Waals surface area contributed by atoms with Crippen molar-refractivity contribution in [3.63, 3.8) is 0 Å². The van der Waals surface area contributed by atoms with Gasteiger partial charge in [-0.3, -0.25) is 4.79 Å². The number of benzene rings is 1. The highest BCUT2D eigenvalue weighted by Gasteiger charge is 2.34. The van der Waals surface area contributed by atoms with Crippen LogP contribution < -0.4 is 5.46 Å². The smallest absolute Gasteiger partial charge is 0.427 e. The zero-order valence-corrected chi connectivity index (χ0v) is 10.9. The number of hydrogen-bond donors (Lipinski definition) is 1. The summed E-state index contributed by atoms with van der Waals surface area (Å²) < 4.78 is 0. The van der Waals surface area contributed by atoms with Crippen molar-refractivity contribution < 1.29 is 9.82 Å². The summed E-state index contributed by atoms with van der Waals surface area (Å²) in [7, 11) is -1.09. The summed E-state index contributed by atoms with van der Waals surface area (Å²) in [5.74, 6) is -0.424. The van der Waals surface area contributed by atoms with Gasteiger partial charge in [-0.2, -0.15) is 5.10 Å². The molecule has 1 aromatic carbocycles. The molecule has 0 saturated heterocycles. The Morgan fingerprint density at radius 2 is 2.00 bits per heavy atom. The number of aromatic nitrogens is 1. The summed E-state index contributed by atoms with van der Waals surface area (Å²) >= 11 is 0. The second-order valence-corrected chi connectivity index (χ2v) is 4.56.